The van der Waals surface area contributed by atoms with Crippen molar-refractivity contribution in [3.63, 3.8) is 0 Å². The maximum Gasteiger partial charge on any atom is 0.313 e. The largest absolute Gasteiger partial charge is 0.477 e. The first kappa shape index (κ1) is 53.9. The van der Waals surface area contributed by atoms with Gasteiger partial charge in [0.15, 0.2) is 23.8 Å². The molecule has 0 radical (unpaired) electrons. The predicted molar refractivity (Wildman–Crippen MR) is 262 cm³/mol. The van der Waals surface area contributed by atoms with E-state index in [1.165, 1.54) is 0 Å². The van der Waals surface area contributed by atoms with Gasteiger partial charge < -0.3 is 44.7 Å². The zero-order chi connectivity index (χ0) is 50.1. The Balaban J connectivity index is 1.37. The minimum absolute atomic E-state index is 0.0148. The number of Topliss-reactive ketones (excluding diaryl/α,β-unsaturated/α-hetero) is 1. The summed E-state index contributed by atoms with van der Waals surface area (Å²) in [5.41, 5.74) is 1.61. The molecule has 2 aliphatic heterocycles. The molecule has 69 heavy (non-hydrogen) atoms. The van der Waals surface area contributed by atoms with Crippen molar-refractivity contribution < 1.29 is 52.2 Å². The summed E-state index contributed by atoms with van der Waals surface area (Å²) in [6.45, 7) is 15.5. The number of terminal acetylenes is 1. The average Bonchev–Trinajstić information content (AvgIpc) is 4.07. The fourth-order valence-electron chi connectivity index (χ4n) is 8.35. The molecule has 4 N–H and O–H groups in total. The number of amides is 4. The Bertz CT molecular complexity index is 2250. The third-order valence-corrected chi connectivity index (χ3v) is 12.3. The molecule has 5 atom stereocenters. The first-order chi connectivity index (χ1) is 32.9. The normalized spacial score (nSPS) is 17.9. The summed E-state index contributed by atoms with van der Waals surface area (Å²) in [5, 5.41) is 11.8. The van der Waals surface area contributed by atoms with Crippen LogP contribution in [0.1, 0.15) is 84.4 Å². The number of ether oxygens (including phenoxy) is 4. The highest BCUT2D eigenvalue weighted by Gasteiger charge is 2.50. The molecule has 372 valence electrons. The molecule has 2 aliphatic rings. The van der Waals surface area contributed by atoms with Crippen LogP contribution in [0, 0.1) is 30.1 Å². The second-order valence-corrected chi connectivity index (χ2v) is 19.7. The van der Waals surface area contributed by atoms with E-state index >= 15 is 0 Å². The zero-order valence-corrected chi connectivity index (χ0v) is 41.3. The van der Waals surface area contributed by atoms with Gasteiger partial charge in [-0.3, -0.25) is 28.8 Å². The molecule has 0 saturated carbocycles. The van der Waals surface area contributed by atoms with E-state index in [-0.39, 0.29) is 74.2 Å². The van der Waals surface area contributed by atoms with Crippen LogP contribution >= 0.6 is 0 Å². The van der Waals surface area contributed by atoms with Crippen LogP contribution < -0.4 is 30.7 Å². The molecule has 4 amide bonds. The lowest BCUT2D eigenvalue weighted by Gasteiger charge is -2.41. The van der Waals surface area contributed by atoms with Gasteiger partial charge in [0.1, 0.15) is 50.0 Å². The summed E-state index contributed by atoms with van der Waals surface area (Å²) >= 11 is 0. The second kappa shape index (κ2) is 25.5. The van der Waals surface area contributed by atoms with E-state index in [4.69, 9.17) is 25.4 Å². The Morgan fingerprint density at radius 1 is 0.710 bits per heavy atom. The van der Waals surface area contributed by atoms with E-state index in [1.54, 1.807) is 32.9 Å². The Hall–Kier alpha value is -6.08. The highest BCUT2D eigenvalue weighted by atomic mass is 16.6. The van der Waals surface area contributed by atoms with E-state index in [2.05, 4.69) is 27.2 Å². The summed E-state index contributed by atoms with van der Waals surface area (Å²) in [4.78, 5) is 83.5. The van der Waals surface area contributed by atoms with E-state index in [0.29, 0.717) is 55.9 Å². The summed E-state index contributed by atoms with van der Waals surface area (Å²) in [6, 6.07) is 20.1. The second-order valence-electron chi connectivity index (χ2n) is 19.7. The number of nitrogens with zero attached hydrogens (tertiary/aromatic N) is 1. The first-order valence-electron chi connectivity index (χ1n) is 24.2. The molecule has 5 rings (SSSR count). The molecule has 0 spiro atoms. The fourth-order valence-corrected chi connectivity index (χ4v) is 8.35. The molecule has 0 bridgehead atoms. The van der Waals surface area contributed by atoms with Crippen molar-refractivity contribution >= 4 is 35.4 Å². The third kappa shape index (κ3) is 16.8. The van der Waals surface area contributed by atoms with E-state index in [9.17, 15) is 28.8 Å². The number of nitrogens with one attached hydrogen (secondary N) is 4. The number of ketones is 1. The van der Waals surface area contributed by atoms with Crippen molar-refractivity contribution in [2.75, 3.05) is 46.1 Å². The smallest absolute Gasteiger partial charge is 0.313 e. The monoisotopic (exact) mass is 951 g/mol. The lowest BCUT2D eigenvalue weighted by atomic mass is 9.93. The number of benzene rings is 3. The number of hydrogen-bond acceptors (Lipinski definition) is 10. The average molecular weight is 951 g/mol. The molecule has 3 aromatic rings. The summed E-state index contributed by atoms with van der Waals surface area (Å²) in [7, 11) is 0. The van der Waals surface area contributed by atoms with Gasteiger partial charge in [0, 0.05) is 12.0 Å². The van der Waals surface area contributed by atoms with Crippen LogP contribution in [0.4, 0.5) is 0 Å². The van der Waals surface area contributed by atoms with Crippen LogP contribution in [-0.2, 0) is 57.6 Å². The van der Waals surface area contributed by atoms with Gasteiger partial charge >= 0.3 is 5.97 Å². The number of quaternary nitrogens is 1. The van der Waals surface area contributed by atoms with Crippen LogP contribution in [0.25, 0.3) is 0 Å². The molecule has 2 fully saturated rings. The molecule has 15 nitrogen and oxygen atoms in total. The van der Waals surface area contributed by atoms with Gasteiger partial charge in [-0.1, -0.05) is 108 Å². The third-order valence-electron chi connectivity index (χ3n) is 12.3. The van der Waals surface area contributed by atoms with Gasteiger partial charge in [-0.15, -0.1) is 6.42 Å². The maximum absolute atomic E-state index is 14.5. The molecule has 15 heteroatoms. The Kier molecular flexibility index (Phi) is 19.9. The topological polar surface area (TPSA) is 191 Å². The molecule has 2 saturated heterocycles. The molecule has 3 aromatic carbocycles. The van der Waals surface area contributed by atoms with Crippen LogP contribution in [-0.4, -0.2) is 116 Å². The fraction of sp³-hybridized carbons (Fsp3) is 0.519. The van der Waals surface area contributed by atoms with Crippen LogP contribution in [0.15, 0.2) is 78.9 Å². The molecule has 2 heterocycles. The van der Waals surface area contributed by atoms with E-state index < -0.39 is 53.5 Å². The van der Waals surface area contributed by atoms with Gasteiger partial charge in [0.2, 0.25) is 17.7 Å². The number of carbonyl (C=O) groups is 6. The van der Waals surface area contributed by atoms with Gasteiger partial charge in [0.25, 0.3) is 5.91 Å². The maximum atomic E-state index is 14.5. The summed E-state index contributed by atoms with van der Waals surface area (Å²) < 4.78 is 22.9. The van der Waals surface area contributed by atoms with Crippen LogP contribution in [0.5, 0.6) is 11.5 Å². The number of hydrogen-bond donors (Lipinski definition) is 4. The standard InChI is InChI=1S/C54H71N5O10/c1-9-26-67-47-32-41(21-23-46(47)69-53(65)38(6)7)33-59(24-27-66-28-25-59)34-48(60)55-42(22-20-39-16-12-10-13-17-39)50(62)57-44(30-37(4)5)51(63)58-45(31-40-18-14-11-15-19-40)52(64)56-43(29-36(2)3)49(61)54(8)35-68-54/h1,10-19,21,23,32,36-38,42-45H,20,22,24-31,33-35H2,2-8H3,(H3-,55,56,57,58,60,62,63,64)/p+1/t42-,43-,44-,45-,54+/m0/s1. The number of esters is 1. The van der Waals surface area contributed by atoms with Gasteiger partial charge in [-0.2, -0.15) is 0 Å². The van der Waals surface area contributed by atoms with Crippen molar-refractivity contribution in [1.82, 2.24) is 21.3 Å². The number of aryl methyl sites for hydroxylation is 1. The lowest BCUT2D eigenvalue weighted by molar-refractivity contribution is -0.940. The first-order valence-corrected chi connectivity index (χ1v) is 24.2. The van der Waals surface area contributed by atoms with Gasteiger partial charge in [-0.05, 0) is 73.8 Å². The minimum Gasteiger partial charge on any atom is -0.477 e. The van der Waals surface area contributed by atoms with Gasteiger partial charge in [-0.25, -0.2) is 0 Å². The number of morpholine rings is 1. The number of epoxide rings is 1. The van der Waals surface area contributed by atoms with Crippen molar-refractivity contribution in [1.29, 1.82) is 0 Å². The van der Waals surface area contributed by atoms with E-state index in [1.807, 2.05) is 94.4 Å². The molecule has 0 aromatic heterocycles. The quantitative estimate of drug-likeness (QED) is 0.0284. The lowest BCUT2D eigenvalue weighted by Crippen LogP contribution is -2.61. The van der Waals surface area contributed by atoms with Crippen molar-refractivity contribution in [2.45, 2.75) is 117 Å². The Morgan fingerprint density at radius 2 is 1.28 bits per heavy atom. The Morgan fingerprint density at radius 3 is 1.87 bits per heavy atom. The minimum atomic E-state index is -1.09. The molecule has 0 aliphatic carbocycles. The Labute approximate surface area is 407 Å². The van der Waals surface area contributed by atoms with Crippen molar-refractivity contribution in [3.8, 4) is 23.8 Å². The summed E-state index contributed by atoms with van der Waals surface area (Å²) in [5.74, 6) is 0.0283. The molecular weight excluding hydrogens is 879 g/mol. The predicted octanol–water partition coefficient (Wildman–Crippen LogP) is 4.87. The van der Waals surface area contributed by atoms with Gasteiger partial charge in [0.05, 0.1) is 31.8 Å². The van der Waals surface area contributed by atoms with Crippen molar-refractivity contribution in [2.24, 2.45) is 17.8 Å². The highest BCUT2D eigenvalue weighted by molar-refractivity contribution is 5.99. The van der Waals surface area contributed by atoms with Crippen molar-refractivity contribution in [3.05, 3.63) is 95.6 Å². The molecule has 0 unspecified atom stereocenters. The number of carbonyl (C=O) groups excluding carboxylic acids is 6. The zero-order valence-electron chi connectivity index (χ0n) is 41.3. The van der Waals surface area contributed by atoms with Crippen LogP contribution in [0.3, 0.4) is 0 Å². The SMILES string of the molecule is C#CCOc1cc(C[N+]2(CC(=O)N[C@@H](CCc3ccccc3)C(=O)N[C@@H](CC(C)C)C(=O)N[C@@H](Cc3ccccc3)C(=O)N[C@@H](CC(C)C)C(=O)[C@@]3(C)CO3)CCOCC2)ccc1OC(=O)C(C)C. The summed E-state index contributed by atoms with van der Waals surface area (Å²) in [6.07, 6.45) is 6.96. The van der Waals surface area contributed by atoms with E-state index in [0.717, 1.165) is 16.7 Å². The van der Waals surface area contributed by atoms with Crippen LogP contribution in [0.2, 0.25) is 0 Å². The molecular formula is C54H72N5O10+. The number of rotatable bonds is 26. The highest BCUT2D eigenvalue weighted by Crippen LogP contribution is 2.32.